The van der Waals surface area contributed by atoms with Gasteiger partial charge in [-0.05, 0) is 37.4 Å². The Balaban J connectivity index is 2.18. The summed E-state index contributed by atoms with van der Waals surface area (Å²) >= 11 is 5.72. The lowest BCUT2D eigenvalue weighted by Crippen LogP contribution is -2.47. The molecule has 1 unspecified atom stereocenters. The van der Waals surface area contributed by atoms with E-state index in [1.54, 1.807) is 12.1 Å². The van der Waals surface area contributed by atoms with Gasteiger partial charge in [0.15, 0.2) is 5.78 Å². The Hall–Kier alpha value is -0.930. The molecule has 0 bridgehead atoms. The Labute approximate surface area is 112 Å². The van der Waals surface area contributed by atoms with Crippen LogP contribution in [0.1, 0.15) is 31.7 Å². The predicted molar refractivity (Wildman–Crippen MR) is 70.4 cm³/mol. The van der Waals surface area contributed by atoms with Gasteiger partial charge in [0.05, 0.1) is 10.6 Å². The van der Waals surface area contributed by atoms with Crippen LogP contribution in [-0.2, 0) is 11.2 Å². The Morgan fingerprint density at radius 3 is 2.94 bits per heavy atom. The van der Waals surface area contributed by atoms with E-state index in [1.165, 1.54) is 6.07 Å². The van der Waals surface area contributed by atoms with Crippen LogP contribution < -0.4 is 5.32 Å². The van der Waals surface area contributed by atoms with E-state index in [-0.39, 0.29) is 17.2 Å². The molecule has 0 aliphatic carbocycles. The molecule has 1 atom stereocenters. The summed E-state index contributed by atoms with van der Waals surface area (Å²) in [5.74, 6) is -0.416. The number of nitrogens with one attached hydrogen (secondary N) is 1. The van der Waals surface area contributed by atoms with E-state index in [2.05, 4.69) is 5.32 Å². The molecule has 0 spiro atoms. The van der Waals surface area contributed by atoms with Gasteiger partial charge in [-0.2, -0.15) is 0 Å². The van der Waals surface area contributed by atoms with Crippen molar-refractivity contribution in [3.63, 3.8) is 0 Å². The van der Waals surface area contributed by atoms with Gasteiger partial charge in [-0.1, -0.05) is 30.7 Å². The lowest BCUT2D eigenvalue weighted by molar-refractivity contribution is -0.124. The van der Waals surface area contributed by atoms with Crippen molar-refractivity contribution in [3.05, 3.63) is 34.6 Å². The normalized spacial score (nSPS) is 23.3. The number of carbonyl (C=O) groups is 1. The highest BCUT2D eigenvalue weighted by Crippen LogP contribution is 2.27. The lowest BCUT2D eigenvalue weighted by Gasteiger charge is -2.26. The number of halogens is 2. The zero-order valence-electron chi connectivity index (χ0n) is 10.4. The van der Waals surface area contributed by atoms with Crippen molar-refractivity contribution >= 4 is 17.4 Å². The number of carbonyl (C=O) groups excluding carboxylic acids is 1. The second-order valence-corrected chi connectivity index (χ2v) is 5.19. The van der Waals surface area contributed by atoms with E-state index in [4.69, 9.17) is 11.6 Å². The summed E-state index contributed by atoms with van der Waals surface area (Å²) in [4.78, 5) is 12.4. The molecule has 1 aliphatic heterocycles. The van der Waals surface area contributed by atoms with E-state index in [1.807, 2.05) is 6.92 Å². The average molecular weight is 270 g/mol. The number of hydrogen-bond donors (Lipinski definition) is 1. The van der Waals surface area contributed by atoms with Gasteiger partial charge >= 0.3 is 0 Å². The molecule has 0 radical (unpaired) electrons. The second kappa shape index (κ2) is 5.37. The molecule has 0 saturated carbocycles. The minimum atomic E-state index is -0.475. The summed E-state index contributed by atoms with van der Waals surface area (Å²) in [7, 11) is 0. The minimum Gasteiger partial charge on any atom is -0.305 e. The summed E-state index contributed by atoms with van der Waals surface area (Å²) in [6.45, 7) is 2.85. The van der Waals surface area contributed by atoms with E-state index in [0.717, 1.165) is 25.8 Å². The maximum absolute atomic E-state index is 13.8. The van der Waals surface area contributed by atoms with Crippen LogP contribution in [0.25, 0.3) is 0 Å². The number of Topliss-reactive ketones (excluding diaryl/α,β-unsaturated/α-hetero) is 1. The Morgan fingerprint density at radius 2 is 2.33 bits per heavy atom. The molecule has 1 aliphatic rings. The van der Waals surface area contributed by atoms with Crippen molar-refractivity contribution in [1.82, 2.24) is 5.32 Å². The molecule has 18 heavy (non-hydrogen) atoms. The Kier molecular flexibility index (Phi) is 4.03. The minimum absolute atomic E-state index is 0.0590. The highest BCUT2D eigenvalue weighted by atomic mass is 35.5. The summed E-state index contributed by atoms with van der Waals surface area (Å²) in [5, 5.41) is 3.34. The van der Waals surface area contributed by atoms with Crippen LogP contribution in [0.4, 0.5) is 4.39 Å². The smallest absolute Gasteiger partial charge is 0.157 e. The number of hydrogen-bond acceptors (Lipinski definition) is 2. The quantitative estimate of drug-likeness (QED) is 0.910. The predicted octanol–water partition coefficient (Wildman–Crippen LogP) is 3.12. The summed E-state index contributed by atoms with van der Waals surface area (Å²) in [6.07, 6.45) is 2.68. The second-order valence-electron chi connectivity index (χ2n) is 4.78. The first-order valence-corrected chi connectivity index (χ1v) is 6.68. The molecule has 2 nitrogen and oxygen atoms in total. The first-order valence-electron chi connectivity index (χ1n) is 6.30. The highest BCUT2D eigenvalue weighted by molar-refractivity contribution is 6.30. The van der Waals surface area contributed by atoms with Crippen molar-refractivity contribution in [2.24, 2.45) is 0 Å². The Morgan fingerprint density at radius 1 is 1.56 bits per heavy atom. The van der Waals surface area contributed by atoms with Crippen LogP contribution in [0, 0.1) is 5.82 Å². The van der Waals surface area contributed by atoms with Crippen LogP contribution >= 0.6 is 11.6 Å². The molecular formula is C14H17ClFNO. The summed E-state index contributed by atoms with van der Waals surface area (Å²) < 4.78 is 13.8. The van der Waals surface area contributed by atoms with Gasteiger partial charge in [-0.15, -0.1) is 0 Å². The van der Waals surface area contributed by atoms with Crippen molar-refractivity contribution in [2.75, 3.05) is 6.54 Å². The SMILES string of the molecule is CCC1(C(=O)Cc2cccc(Cl)c2F)CCCN1. The standard InChI is InChI=1S/C14H17ClFNO/c1-2-14(7-4-8-17-14)12(18)9-10-5-3-6-11(15)13(10)16/h3,5-6,17H,2,4,7-9H2,1H3. The molecule has 1 aromatic carbocycles. The van der Waals surface area contributed by atoms with E-state index < -0.39 is 11.4 Å². The zero-order valence-corrected chi connectivity index (χ0v) is 11.2. The van der Waals surface area contributed by atoms with Gasteiger partial charge < -0.3 is 5.32 Å². The molecule has 0 amide bonds. The van der Waals surface area contributed by atoms with Crippen LogP contribution in [0.5, 0.6) is 0 Å². The highest BCUT2D eigenvalue weighted by Gasteiger charge is 2.38. The zero-order chi connectivity index (χ0) is 13.2. The molecule has 0 aromatic heterocycles. The third kappa shape index (κ3) is 2.43. The maximum Gasteiger partial charge on any atom is 0.157 e. The van der Waals surface area contributed by atoms with Crippen molar-refractivity contribution in [3.8, 4) is 0 Å². The fourth-order valence-electron chi connectivity index (χ4n) is 2.57. The fourth-order valence-corrected chi connectivity index (χ4v) is 2.76. The van der Waals surface area contributed by atoms with Gasteiger partial charge in [0.1, 0.15) is 5.82 Å². The Bertz CT molecular complexity index is 455. The molecule has 98 valence electrons. The third-order valence-corrected chi connectivity index (χ3v) is 4.06. The van der Waals surface area contributed by atoms with Crippen molar-refractivity contribution in [1.29, 1.82) is 0 Å². The van der Waals surface area contributed by atoms with Gasteiger partial charge in [0.2, 0.25) is 0 Å². The maximum atomic E-state index is 13.8. The van der Waals surface area contributed by atoms with Crippen molar-refractivity contribution in [2.45, 2.75) is 38.1 Å². The van der Waals surface area contributed by atoms with Gasteiger partial charge in [0.25, 0.3) is 0 Å². The van der Waals surface area contributed by atoms with Crippen LogP contribution in [-0.4, -0.2) is 17.9 Å². The third-order valence-electron chi connectivity index (χ3n) is 3.76. The van der Waals surface area contributed by atoms with E-state index in [9.17, 15) is 9.18 Å². The molecule has 1 N–H and O–H groups in total. The average Bonchev–Trinajstić information content (AvgIpc) is 2.85. The molecule has 4 heteroatoms. The van der Waals surface area contributed by atoms with Crippen LogP contribution in [0.15, 0.2) is 18.2 Å². The van der Waals surface area contributed by atoms with E-state index in [0.29, 0.717) is 5.56 Å². The van der Waals surface area contributed by atoms with Gasteiger partial charge in [-0.3, -0.25) is 4.79 Å². The topological polar surface area (TPSA) is 29.1 Å². The molecular weight excluding hydrogens is 253 g/mol. The van der Waals surface area contributed by atoms with Gasteiger partial charge in [-0.25, -0.2) is 4.39 Å². The molecule has 1 saturated heterocycles. The largest absolute Gasteiger partial charge is 0.305 e. The number of benzene rings is 1. The summed E-state index contributed by atoms with van der Waals surface area (Å²) in [6, 6.07) is 4.79. The van der Waals surface area contributed by atoms with Crippen molar-refractivity contribution < 1.29 is 9.18 Å². The first kappa shape index (κ1) is 13.5. The first-order chi connectivity index (χ1) is 8.59. The molecule has 1 fully saturated rings. The number of rotatable bonds is 4. The molecule has 2 rings (SSSR count). The molecule has 1 heterocycles. The summed E-state index contributed by atoms with van der Waals surface area (Å²) in [5.41, 5.74) is -0.0802. The van der Waals surface area contributed by atoms with Gasteiger partial charge in [0, 0.05) is 6.42 Å². The van der Waals surface area contributed by atoms with Crippen LogP contribution in [0.3, 0.4) is 0 Å². The fraction of sp³-hybridized carbons (Fsp3) is 0.500. The monoisotopic (exact) mass is 269 g/mol. The van der Waals surface area contributed by atoms with E-state index >= 15 is 0 Å². The number of ketones is 1. The van der Waals surface area contributed by atoms with Crippen LogP contribution in [0.2, 0.25) is 5.02 Å². The lowest BCUT2D eigenvalue weighted by atomic mass is 9.86. The molecule has 1 aromatic rings.